The molecule has 9 N–H and O–H groups in total. The molecule has 0 aliphatic carbocycles. The molecule has 4 aromatic heterocycles. The molecule has 4 heterocycles. The number of fused-ring (bicyclic) bond motifs is 4. The van der Waals surface area contributed by atoms with Gasteiger partial charge in [-0.15, -0.1) is 20.4 Å². The molecule has 0 unspecified atom stereocenters. The van der Waals surface area contributed by atoms with Crippen LogP contribution in [0.4, 0.5) is 14.5 Å². The molecular formula is C46H34F2N12O3. The van der Waals surface area contributed by atoms with Crippen LogP contribution >= 0.6 is 0 Å². The van der Waals surface area contributed by atoms with Crippen LogP contribution in [0.25, 0.3) is 88.9 Å². The topological polar surface area (TPSA) is 242 Å². The Morgan fingerprint density at radius 1 is 0.683 bits per heavy atom. The van der Waals surface area contributed by atoms with Crippen molar-refractivity contribution in [1.82, 2.24) is 45.8 Å². The highest BCUT2D eigenvalue weighted by molar-refractivity contribution is 6.08. The van der Waals surface area contributed by atoms with Gasteiger partial charge in [0.05, 0.1) is 40.4 Å². The number of ether oxygens (including phenoxy) is 1. The summed E-state index contributed by atoms with van der Waals surface area (Å²) in [5.41, 5.74) is 24.2. The summed E-state index contributed by atoms with van der Waals surface area (Å²) in [5, 5.41) is 17.8. The number of anilines is 1. The number of nitrogens with two attached hydrogens (primary N) is 3. The maximum Gasteiger partial charge on any atom is 0.285 e. The molecule has 0 fully saturated rings. The number of halogens is 2. The molecule has 0 atom stereocenters. The van der Waals surface area contributed by atoms with Gasteiger partial charge in [-0.3, -0.25) is 15.0 Å². The van der Waals surface area contributed by atoms with E-state index in [1.807, 2.05) is 73.7 Å². The summed E-state index contributed by atoms with van der Waals surface area (Å²) < 4.78 is 32.1. The van der Waals surface area contributed by atoms with Crippen molar-refractivity contribution in [1.29, 1.82) is 0 Å². The van der Waals surface area contributed by atoms with Gasteiger partial charge in [0.2, 0.25) is 0 Å². The van der Waals surface area contributed by atoms with Crippen LogP contribution in [-0.2, 0) is 0 Å². The highest BCUT2D eigenvalue weighted by Crippen LogP contribution is 2.36. The first-order chi connectivity index (χ1) is 30.5. The number of hydrogen-bond acceptors (Lipinski definition) is 11. The largest absolute Gasteiger partial charge is 0.496 e. The van der Waals surface area contributed by atoms with Crippen LogP contribution in [0.2, 0.25) is 0 Å². The van der Waals surface area contributed by atoms with Gasteiger partial charge in [-0.1, -0.05) is 42.5 Å². The van der Waals surface area contributed by atoms with Crippen LogP contribution in [0.5, 0.6) is 5.75 Å². The van der Waals surface area contributed by atoms with Gasteiger partial charge >= 0.3 is 0 Å². The number of rotatable bonds is 7. The molecule has 0 saturated carbocycles. The number of H-pyrrole nitrogens is 2. The van der Waals surface area contributed by atoms with E-state index < -0.39 is 11.8 Å². The standard InChI is InChI=1S/C23H17FN6O2.C23H17FN6O/c1-32-20-11-14(24)6-7-16(20)22-26-17-8-5-12(9-18(17)27-22)15-4-2-3-13-10-19(23(31)28-25)29-30-21(13)15;1-11-2-8-15-19(25)21(22(26)31)30-29-20(15)18(11)13-5-9-16-17(10-13)28-23(27-16)12-3-6-14(24)7-4-12/h2-11H,25H2,1H3,(H,26,27)(H,28,31);2-10H,1H3,(H2,25,29)(H2,26,31)(H,27,28). The Bertz CT molecular complexity index is 3440. The molecule has 0 radical (unpaired) electrons. The molecule has 63 heavy (non-hydrogen) atoms. The number of nitrogens with zero attached hydrogens (tertiary/aromatic N) is 6. The van der Waals surface area contributed by atoms with E-state index in [1.165, 1.54) is 31.4 Å². The Morgan fingerprint density at radius 3 is 2.08 bits per heavy atom. The van der Waals surface area contributed by atoms with Crippen molar-refractivity contribution in [3.8, 4) is 50.8 Å². The number of carbonyl (C=O) groups is 2. The van der Waals surface area contributed by atoms with Crippen molar-refractivity contribution in [2.75, 3.05) is 12.8 Å². The summed E-state index contributed by atoms with van der Waals surface area (Å²) in [6.45, 7) is 1.97. The van der Waals surface area contributed by atoms with Gasteiger partial charge in [-0.2, -0.15) is 0 Å². The highest BCUT2D eigenvalue weighted by atomic mass is 19.1. The van der Waals surface area contributed by atoms with Crippen LogP contribution in [0.1, 0.15) is 26.5 Å². The molecule has 310 valence electrons. The number of aryl methyl sites for hydroxylation is 1. The lowest BCUT2D eigenvalue weighted by Crippen LogP contribution is -2.30. The zero-order valence-corrected chi connectivity index (χ0v) is 33.4. The molecular weight excluding hydrogens is 807 g/mol. The molecule has 10 rings (SSSR count). The van der Waals surface area contributed by atoms with Crippen LogP contribution in [0, 0.1) is 18.6 Å². The number of aromatic amines is 2. The fourth-order valence-corrected chi connectivity index (χ4v) is 7.40. The lowest BCUT2D eigenvalue weighted by Gasteiger charge is -2.12. The smallest absolute Gasteiger partial charge is 0.285 e. The summed E-state index contributed by atoms with van der Waals surface area (Å²) >= 11 is 0. The zero-order chi connectivity index (χ0) is 43.9. The van der Waals surface area contributed by atoms with E-state index in [-0.39, 0.29) is 28.7 Å². The number of nitrogens with one attached hydrogen (secondary N) is 3. The Hall–Kier alpha value is -8.70. The van der Waals surface area contributed by atoms with Crippen molar-refractivity contribution in [3.05, 3.63) is 144 Å². The van der Waals surface area contributed by atoms with Crippen molar-refractivity contribution < 1.29 is 23.1 Å². The molecule has 2 amide bonds. The minimum atomic E-state index is -0.721. The van der Waals surface area contributed by atoms with Gasteiger partial charge in [0, 0.05) is 33.5 Å². The summed E-state index contributed by atoms with van der Waals surface area (Å²) in [4.78, 5) is 39.1. The summed E-state index contributed by atoms with van der Waals surface area (Å²) in [6.07, 6.45) is 0. The van der Waals surface area contributed by atoms with Crippen molar-refractivity contribution in [2.45, 2.75) is 6.92 Å². The molecule has 0 aliphatic heterocycles. The number of imidazole rings is 2. The van der Waals surface area contributed by atoms with E-state index in [4.69, 9.17) is 22.0 Å². The van der Waals surface area contributed by atoms with Crippen molar-refractivity contribution >= 4 is 61.4 Å². The first-order valence-electron chi connectivity index (χ1n) is 19.2. The molecule has 0 aliphatic rings. The average Bonchev–Trinajstić information content (AvgIpc) is 3.93. The third-order valence-electron chi connectivity index (χ3n) is 10.5. The molecule has 10 aromatic rings. The van der Waals surface area contributed by atoms with Gasteiger partial charge in [0.15, 0.2) is 11.4 Å². The summed E-state index contributed by atoms with van der Waals surface area (Å²) in [6, 6.07) is 33.1. The maximum absolute atomic E-state index is 13.6. The second kappa shape index (κ2) is 16.1. The predicted molar refractivity (Wildman–Crippen MR) is 236 cm³/mol. The SMILES string of the molecule is COc1cc(F)ccc1-c1nc2ccc(-c3cccc4cc(C(=O)NN)nnc34)cc2[nH]1.Cc1ccc2c(N)c(C(N)=O)nnc2c1-c1ccc2nc(-c3ccc(F)cc3)[nH]c2c1. The number of aromatic nitrogens is 8. The molecule has 15 nitrogen and oxygen atoms in total. The zero-order valence-electron chi connectivity index (χ0n) is 33.4. The van der Waals surface area contributed by atoms with E-state index in [2.05, 4.69) is 45.8 Å². The Kier molecular flexibility index (Phi) is 10.1. The lowest BCUT2D eigenvalue weighted by atomic mass is 9.96. The number of nitrogen functional groups attached to an aromatic ring is 2. The molecule has 0 saturated heterocycles. The maximum atomic E-state index is 13.6. The first-order valence-corrected chi connectivity index (χ1v) is 19.2. The van der Waals surface area contributed by atoms with Crippen LogP contribution in [0.3, 0.4) is 0 Å². The fraction of sp³-hybridized carbons (Fsp3) is 0.0435. The van der Waals surface area contributed by atoms with E-state index in [0.717, 1.165) is 60.8 Å². The van der Waals surface area contributed by atoms with Crippen molar-refractivity contribution in [3.63, 3.8) is 0 Å². The van der Waals surface area contributed by atoms with Gasteiger partial charge in [0.1, 0.15) is 40.1 Å². The number of hydrazine groups is 1. The lowest BCUT2D eigenvalue weighted by molar-refractivity contribution is 0.0946. The van der Waals surface area contributed by atoms with Crippen LogP contribution in [0.15, 0.2) is 115 Å². The van der Waals surface area contributed by atoms with Gasteiger partial charge in [-0.05, 0) is 90.3 Å². The Morgan fingerprint density at radius 2 is 1.35 bits per heavy atom. The highest BCUT2D eigenvalue weighted by Gasteiger charge is 2.19. The molecule has 17 heteroatoms. The number of primary amides is 1. The van der Waals surface area contributed by atoms with E-state index in [9.17, 15) is 18.4 Å². The number of amides is 2. The summed E-state index contributed by atoms with van der Waals surface area (Å²) in [5.74, 6) is 4.90. The average molecular weight is 841 g/mol. The third kappa shape index (κ3) is 7.44. The minimum Gasteiger partial charge on any atom is -0.496 e. The predicted octanol–water partition coefficient (Wildman–Crippen LogP) is 7.56. The van der Waals surface area contributed by atoms with E-state index >= 15 is 0 Å². The summed E-state index contributed by atoms with van der Waals surface area (Å²) in [7, 11) is 1.49. The monoisotopic (exact) mass is 840 g/mol. The number of benzene rings is 6. The number of methoxy groups -OCH3 is 1. The Labute approximate surface area is 355 Å². The normalized spacial score (nSPS) is 11.2. The Balaban J connectivity index is 0.000000160. The fourth-order valence-electron chi connectivity index (χ4n) is 7.40. The van der Waals surface area contributed by atoms with Gasteiger partial charge < -0.3 is 26.2 Å². The third-order valence-corrected chi connectivity index (χ3v) is 10.5. The molecule has 6 aromatic carbocycles. The van der Waals surface area contributed by atoms with Crippen molar-refractivity contribution in [2.24, 2.45) is 11.6 Å². The van der Waals surface area contributed by atoms with Crippen LogP contribution in [-0.4, -0.2) is 59.3 Å². The number of hydrogen-bond donors (Lipinski definition) is 6. The second-order valence-corrected chi connectivity index (χ2v) is 14.4. The van der Waals surface area contributed by atoms with Gasteiger partial charge in [0.25, 0.3) is 11.8 Å². The quantitative estimate of drug-likeness (QED) is 0.0520. The van der Waals surface area contributed by atoms with Gasteiger partial charge in [-0.25, -0.2) is 24.6 Å². The second-order valence-electron chi connectivity index (χ2n) is 14.4. The molecule has 0 bridgehead atoms. The molecule has 0 spiro atoms. The minimum absolute atomic E-state index is 0.0461. The number of carbonyl (C=O) groups excluding carboxylic acids is 2. The first kappa shape index (κ1) is 39.7. The van der Waals surface area contributed by atoms with E-state index in [1.54, 1.807) is 24.3 Å². The van der Waals surface area contributed by atoms with E-state index in [0.29, 0.717) is 39.4 Å². The van der Waals surface area contributed by atoms with Crippen LogP contribution < -0.4 is 27.5 Å².